The van der Waals surface area contributed by atoms with Crippen molar-refractivity contribution in [1.29, 1.82) is 0 Å². The van der Waals surface area contributed by atoms with Gasteiger partial charge in [0, 0.05) is 0 Å². The van der Waals surface area contributed by atoms with Gasteiger partial charge in [-0.05, 0) is 61.3 Å². The van der Waals surface area contributed by atoms with Crippen molar-refractivity contribution in [3.63, 3.8) is 0 Å². The molecule has 1 aliphatic rings. The van der Waals surface area contributed by atoms with Crippen LogP contribution in [0, 0.1) is 11.7 Å². The molecule has 2 aromatic carbocycles. The molecule has 1 fully saturated rings. The molecule has 3 rings (SSSR count). The first kappa shape index (κ1) is 20.6. The number of carbonyl (C=O) groups is 1. The topological polar surface area (TPSA) is 40.5 Å². The molecule has 1 heterocycles. The Morgan fingerprint density at radius 2 is 1.64 bits per heavy atom. The number of piperidine rings is 1. The molecule has 1 unspecified atom stereocenters. The number of halogens is 5. The number of aliphatic carboxylic acids is 1. The lowest BCUT2D eigenvalue weighted by Crippen LogP contribution is -2.39. The van der Waals surface area contributed by atoms with E-state index in [2.05, 4.69) is 0 Å². The first-order valence-corrected chi connectivity index (χ1v) is 9.13. The summed E-state index contributed by atoms with van der Waals surface area (Å²) in [5.41, 5.74) is 0.0712. The van der Waals surface area contributed by atoms with Crippen LogP contribution in [0.15, 0.2) is 42.5 Å². The van der Waals surface area contributed by atoms with Crippen LogP contribution in [0.25, 0.3) is 0 Å². The molecule has 0 aromatic heterocycles. The van der Waals surface area contributed by atoms with Crippen molar-refractivity contribution in [1.82, 2.24) is 4.90 Å². The van der Waals surface area contributed by atoms with E-state index in [0.717, 1.165) is 6.07 Å². The summed E-state index contributed by atoms with van der Waals surface area (Å²) in [7, 11) is 0. The second-order valence-corrected chi connectivity index (χ2v) is 7.25. The van der Waals surface area contributed by atoms with E-state index in [9.17, 15) is 27.5 Å². The highest BCUT2D eigenvalue weighted by atomic mass is 35.5. The molecular formula is C20H18ClF4NO2. The second-order valence-electron chi connectivity index (χ2n) is 6.84. The molecule has 0 aliphatic carbocycles. The van der Waals surface area contributed by atoms with Gasteiger partial charge in [-0.15, -0.1) is 0 Å². The third kappa shape index (κ3) is 4.47. The molecule has 8 heteroatoms. The number of benzene rings is 2. The minimum absolute atomic E-state index is 0.372. The Hall–Kier alpha value is -2.12. The Balaban J connectivity index is 2.00. The molecule has 0 bridgehead atoms. The highest BCUT2D eigenvalue weighted by Gasteiger charge is 2.35. The zero-order chi connectivity index (χ0) is 20.5. The van der Waals surface area contributed by atoms with Crippen molar-refractivity contribution in [2.45, 2.75) is 25.1 Å². The van der Waals surface area contributed by atoms with Gasteiger partial charge in [0.2, 0.25) is 0 Å². The molecule has 1 aliphatic heterocycles. The largest absolute Gasteiger partial charge is 0.481 e. The van der Waals surface area contributed by atoms with Crippen LogP contribution in [-0.2, 0) is 11.0 Å². The monoisotopic (exact) mass is 415 g/mol. The van der Waals surface area contributed by atoms with E-state index in [-0.39, 0.29) is 0 Å². The van der Waals surface area contributed by atoms with Crippen LogP contribution in [0.5, 0.6) is 0 Å². The normalized spacial score (nSPS) is 17.5. The van der Waals surface area contributed by atoms with Crippen LogP contribution in [-0.4, -0.2) is 29.1 Å². The lowest BCUT2D eigenvalue weighted by atomic mass is 9.90. The average molecular weight is 416 g/mol. The summed E-state index contributed by atoms with van der Waals surface area (Å²) in [6, 6.07) is 8.76. The van der Waals surface area contributed by atoms with Gasteiger partial charge in [-0.25, -0.2) is 4.39 Å². The quantitative estimate of drug-likeness (QED) is 0.681. The summed E-state index contributed by atoms with van der Waals surface area (Å²) < 4.78 is 53.3. The van der Waals surface area contributed by atoms with Crippen molar-refractivity contribution < 1.29 is 27.5 Å². The first-order chi connectivity index (χ1) is 13.2. The molecule has 3 nitrogen and oxygen atoms in total. The number of hydrogen-bond donors (Lipinski definition) is 1. The third-order valence-electron chi connectivity index (χ3n) is 5.04. The van der Waals surface area contributed by atoms with Gasteiger partial charge in [-0.2, -0.15) is 13.2 Å². The van der Waals surface area contributed by atoms with E-state index in [4.69, 9.17) is 11.6 Å². The molecular weight excluding hydrogens is 398 g/mol. The van der Waals surface area contributed by atoms with Gasteiger partial charge in [0.1, 0.15) is 5.82 Å². The molecule has 1 saturated heterocycles. The first-order valence-electron chi connectivity index (χ1n) is 8.76. The predicted octanol–water partition coefficient (Wildman–Crippen LogP) is 5.38. The van der Waals surface area contributed by atoms with Crippen molar-refractivity contribution in [3.05, 3.63) is 70.0 Å². The maximum atomic E-state index is 13.4. The van der Waals surface area contributed by atoms with Crippen LogP contribution in [0.3, 0.4) is 0 Å². The molecule has 0 spiro atoms. The van der Waals surface area contributed by atoms with Crippen LogP contribution < -0.4 is 0 Å². The molecule has 150 valence electrons. The van der Waals surface area contributed by atoms with Crippen LogP contribution >= 0.6 is 11.6 Å². The minimum Gasteiger partial charge on any atom is -0.481 e. The molecule has 0 radical (unpaired) electrons. The van der Waals surface area contributed by atoms with E-state index < -0.39 is 40.5 Å². The average Bonchev–Trinajstić information content (AvgIpc) is 2.64. The van der Waals surface area contributed by atoms with Crippen LogP contribution in [0.2, 0.25) is 5.02 Å². The lowest BCUT2D eigenvalue weighted by molar-refractivity contribution is -0.143. The maximum Gasteiger partial charge on any atom is 0.417 e. The summed E-state index contributed by atoms with van der Waals surface area (Å²) in [6.07, 6.45) is -3.81. The zero-order valence-electron chi connectivity index (χ0n) is 14.7. The molecule has 2 aromatic rings. The van der Waals surface area contributed by atoms with Gasteiger partial charge < -0.3 is 5.11 Å². The van der Waals surface area contributed by atoms with Gasteiger partial charge in [-0.3, -0.25) is 9.69 Å². The summed E-state index contributed by atoms with van der Waals surface area (Å²) in [6.45, 7) is 0.811. The molecule has 0 amide bonds. The number of carboxylic acids is 1. The van der Waals surface area contributed by atoms with Crippen molar-refractivity contribution in [2.75, 3.05) is 13.1 Å². The number of carboxylic acid groups (broad SMARTS) is 1. The number of nitrogens with zero attached hydrogens (tertiary/aromatic N) is 1. The number of hydrogen-bond acceptors (Lipinski definition) is 2. The van der Waals surface area contributed by atoms with E-state index in [1.54, 1.807) is 0 Å². The maximum absolute atomic E-state index is 13.4. The fourth-order valence-corrected chi connectivity index (χ4v) is 3.82. The Bertz CT molecular complexity index is 846. The standard InChI is InChI=1S/C20H18ClF4NO2/c21-17-6-3-14(11-16(17)20(23,24)25)18(12-1-4-15(22)5-2-12)26-9-7-13(8-10-26)19(27)28/h1-6,11,13,18H,7-10H2,(H,27,28). The van der Waals surface area contributed by atoms with Gasteiger partial charge in [0.15, 0.2) is 0 Å². The number of rotatable bonds is 4. The van der Waals surface area contributed by atoms with Gasteiger partial charge in [0.25, 0.3) is 0 Å². The molecule has 28 heavy (non-hydrogen) atoms. The fraction of sp³-hybridized carbons (Fsp3) is 0.350. The van der Waals surface area contributed by atoms with Crippen LogP contribution in [0.4, 0.5) is 17.6 Å². The van der Waals surface area contributed by atoms with Crippen LogP contribution in [0.1, 0.15) is 35.6 Å². The predicted molar refractivity (Wildman–Crippen MR) is 96.6 cm³/mol. The zero-order valence-corrected chi connectivity index (χ0v) is 15.5. The van der Waals surface area contributed by atoms with Crippen molar-refractivity contribution in [3.8, 4) is 0 Å². The molecule has 1 atom stereocenters. The van der Waals surface area contributed by atoms with Crippen molar-refractivity contribution >= 4 is 17.6 Å². The smallest absolute Gasteiger partial charge is 0.417 e. The summed E-state index contributed by atoms with van der Waals surface area (Å²) in [5, 5.41) is 8.79. The fourth-order valence-electron chi connectivity index (χ4n) is 3.59. The van der Waals surface area contributed by atoms with Gasteiger partial charge in [0.05, 0.1) is 22.5 Å². The molecule has 1 N–H and O–H groups in total. The van der Waals surface area contributed by atoms with E-state index >= 15 is 0 Å². The molecule has 0 saturated carbocycles. The van der Waals surface area contributed by atoms with E-state index in [0.29, 0.717) is 37.1 Å². The Morgan fingerprint density at radius 1 is 1.07 bits per heavy atom. The number of likely N-dealkylation sites (tertiary alicyclic amines) is 1. The highest BCUT2D eigenvalue weighted by Crippen LogP contribution is 2.39. The second kappa shape index (κ2) is 8.09. The minimum atomic E-state index is -4.60. The Kier molecular flexibility index (Phi) is 5.95. The Morgan fingerprint density at radius 3 is 2.18 bits per heavy atom. The van der Waals surface area contributed by atoms with Gasteiger partial charge >= 0.3 is 12.1 Å². The lowest BCUT2D eigenvalue weighted by Gasteiger charge is -2.37. The number of alkyl halides is 3. The summed E-state index contributed by atoms with van der Waals surface area (Å²) >= 11 is 5.74. The van der Waals surface area contributed by atoms with E-state index in [1.807, 2.05) is 4.90 Å². The van der Waals surface area contributed by atoms with Crippen molar-refractivity contribution in [2.24, 2.45) is 5.92 Å². The summed E-state index contributed by atoms with van der Waals surface area (Å²) in [5.74, 6) is -1.79. The highest BCUT2D eigenvalue weighted by molar-refractivity contribution is 6.31. The van der Waals surface area contributed by atoms with Gasteiger partial charge in [-0.1, -0.05) is 29.8 Å². The SMILES string of the molecule is O=C(O)C1CCN(C(c2ccc(F)cc2)c2ccc(Cl)c(C(F)(F)F)c2)CC1. The summed E-state index contributed by atoms with van der Waals surface area (Å²) in [4.78, 5) is 13.1. The Labute approximate surface area is 164 Å². The third-order valence-corrected chi connectivity index (χ3v) is 5.37. The van der Waals surface area contributed by atoms with E-state index in [1.165, 1.54) is 36.4 Å².